The van der Waals surface area contributed by atoms with Crippen LogP contribution in [0, 0.1) is 5.92 Å². The van der Waals surface area contributed by atoms with Crippen LogP contribution >= 0.6 is 11.3 Å². The van der Waals surface area contributed by atoms with E-state index in [2.05, 4.69) is 62.3 Å². The van der Waals surface area contributed by atoms with Gasteiger partial charge < -0.3 is 15.5 Å². The molecule has 0 radical (unpaired) electrons. The van der Waals surface area contributed by atoms with Gasteiger partial charge in [0.2, 0.25) is 0 Å². The molecule has 1 aromatic heterocycles. The average Bonchev–Trinajstić information content (AvgIpc) is 3.00. The lowest BCUT2D eigenvalue weighted by Crippen LogP contribution is -2.56. The molecule has 0 aromatic carbocycles. The molecule has 0 spiro atoms. The maximum atomic E-state index is 12.2. The number of hydrogen-bond donors (Lipinski definition) is 2. The minimum Gasteiger partial charge on any atom is -0.336 e. The van der Waals surface area contributed by atoms with Crippen molar-refractivity contribution in [2.75, 3.05) is 20.6 Å². The van der Waals surface area contributed by atoms with E-state index in [0.29, 0.717) is 19.0 Å². The van der Waals surface area contributed by atoms with Crippen molar-refractivity contribution in [3.05, 3.63) is 16.1 Å². The summed E-state index contributed by atoms with van der Waals surface area (Å²) in [4.78, 5) is 19.2. The average molecular weight is 367 g/mol. The molecule has 1 heterocycles. The summed E-state index contributed by atoms with van der Waals surface area (Å²) in [6.07, 6.45) is 4.81. The smallest absolute Gasteiger partial charge is 0.315 e. The second-order valence-electron chi connectivity index (χ2n) is 8.75. The van der Waals surface area contributed by atoms with Crippen molar-refractivity contribution < 1.29 is 4.79 Å². The van der Waals surface area contributed by atoms with Gasteiger partial charge in [-0.05, 0) is 32.9 Å². The summed E-state index contributed by atoms with van der Waals surface area (Å²) >= 11 is 1.66. The molecule has 2 amide bonds. The van der Waals surface area contributed by atoms with E-state index in [-0.39, 0.29) is 17.0 Å². The number of rotatable bonds is 5. The lowest BCUT2D eigenvalue weighted by atomic mass is 9.75. The van der Waals surface area contributed by atoms with E-state index in [1.807, 2.05) is 5.38 Å². The second-order valence-corrected chi connectivity index (χ2v) is 9.61. The lowest BCUT2D eigenvalue weighted by Gasteiger charge is -2.45. The van der Waals surface area contributed by atoms with Crippen LogP contribution in [0.2, 0.25) is 0 Å². The first-order chi connectivity index (χ1) is 11.6. The summed E-state index contributed by atoms with van der Waals surface area (Å²) in [5.41, 5.74) is 1.06. The minimum atomic E-state index is -0.107. The Morgan fingerprint density at radius 3 is 2.68 bits per heavy atom. The zero-order chi connectivity index (χ0) is 18.7. The van der Waals surface area contributed by atoms with Crippen LogP contribution < -0.4 is 10.6 Å². The molecule has 142 valence electrons. The highest BCUT2D eigenvalue weighted by atomic mass is 32.1. The van der Waals surface area contributed by atoms with Gasteiger partial charge in [-0.15, -0.1) is 11.3 Å². The second kappa shape index (κ2) is 8.04. The van der Waals surface area contributed by atoms with Crippen molar-refractivity contribution in [1.82, 2.24) is 20.5 Å². The molecule has 2 N–H and O–H groups in total. The molecular weight excluding hydrogens is 332 g/mol. The first-order valence-electron chi connectivity index (χ1n) is 9.26. The Balaban J connectivity index is 1.84. The summed E-state index contributed by atoms with van der Waals surface area (Å²) in [6, 6.07) is -0.107. The SMILES string of the molecule is CC1CCCC(CNC(=O)NCc2csc(C(C)(C)C)n2)(N(C)C)C1. The molecular formula is C19H34N4OS. The molecule has 1 aliphatic rings. The predicted molar refractivity (Wildman–Crippen MR) is 105 cm³/mol. The fourth-order valence-electron chi connectivity index (χ4n) is 3.57. The third kappa shape index (κ3) is 5.42. The molecule has 5 nitrogen and oxygen atoms in total. The van der Waals surface area contributed by atoms with Crippen molar-refractivity contribution in [1.29, 1.82) is 0 Å². The van der Waals surface area contributed by atoms with Crippen molar-refractivity contribution in [2.24, 2.45) is 5.92 Å². The van der Waals surface area contributed by atoms with E-state index in [0.717, 1.165) is 23.5 Å². The third-order valence-corrected chi connectivity index (χ3v) is 6.53. The van der Waals surface area contributed by atoms with Crippen LogP contribution in [0.5, 0.6) is 0 Å². The Hall–Kier alpha value is -1.14. The van der Waals surface area contributed by atoms with Gasteiger partial charge in [-0.1, -0.05) is 40.5 Å². The highest BCUT2D eigenvalue weighted by Gasteiger charge is 2.37. The lowest BCUT2D eigenvalue weighted by molar-refractivity contribution is 0.0773. The Morgan fingerprint density at radius 1 is 1.40 bits per heavy atom. The van der Waals surface area contributed by atoms with Gasteiger partial charge in [0.1, 0.15) is 0 Å². The van der Waals surface area contributed by atoms with E-state index >= 15 is 0 Å². The van der Waals surface area contributed by atoms with Crippen LogP contribution in [0.1, 0.15) is 64.1 Å². The monoisotopic (exact) mass is 366 g/mol. The number of aromatic nitrogens is 1. The van der Waals surface area contributed by atoms with Crippen LogP contribution in [0.3, 0.4) is 0 Å². The Morgan fingerprint density at radius 2 is 2.12 bits per heavy atom. The van der Waals surface area contributed by atoms with Crippen molar-refractivity contribution >= 4 is 17.4 Å². The number of hydrogen-bond acceptors (Lipinski definition) is 4. The van der Waals surface area contributed by atoms with Crippen LogP contribution in [-0.2, 0) is 12.0 Å². The third-order valence-electron chi connectivity index (χ3n) is 5.22. The zero-order valence-corrected chi connectivity index (χ0v) is 17.4. The van der Waals surface area contributed by atoms with Crippen molar-refractivity contribution in [3.63, 3.8) is 0 Å². The van der Waals surface area contributed by atoms with Crippen LogP contribution in [0.25, 0.3) is 0 Å². The van der Waals surface area contributed by atoms with Crippen LogP contribution in [0.15, 0.2) is 5.38 Å². The molecule has 1 aliphatic carbocycles. The van der Waals surface area contributed by atoms with E-state index in [1.54, 1.807) is 11.3 Å². The molecule has 2 atom stereocenters. The van der Waals surface area contributed by atoms with Gasteiger partial charge in [0, 0.05) is 22.9 Å². The Labute approximate surface area is 156 Å². The van der Waals surface area contributed by atoms with Crippen LogP contribution in [0.4, 0.5) is 4.79 Å². The number of nitrogens with one attached hydrogen (secondary N) is 2. The van der Waals surface area contributed by atoms with Crippen LogP contribution in [-0.4, -0.2) is 42.1 Å². The van der Waals surface area contributed by atoms with Gasteiger partial charge in [-0.25, -0.2) is 9.78 Å². The van der Waals surface area contributed by atoms with E-state index in [4.69, 9.17) is 0 Å². The van der Waals surface area contributed by atoms with E-state index in [9.17, 15) is 4.79 Å². The maximum absolute atomic E-state index is 12.2. The van der Waals surface area contributed by atoms with Crippen molar-refractivity contribution in [2.45, 2.75) is 70.9 Å². The number of carbonyl (C=O) groups is 1. The number of likely N-dealkylation sites (N-methyl/N-ethyl adjacent to an activating group) is 1. The molecule has 0 bridgehead atoms. The molecule has 1 saturated carbocycles. The van der Waals surface area contributed by atoms with E-state index in [1.165, 1.54) is 12.8 Å². The first kappa shape index (κ1) is 20.2. The summed E-state index contributed by atoms with van der Waals surface area (Å²) < 4.78 is 0. The predicted octanol–water partition coefficient (Wildman–Crippen LogP) is 3.75. The normalized spacial score (nSPS) is 24.4. The van der Waals surface area contributed by atoms with Gasteiger partial charge in [0.15, 0.2) is 0 Å². The van der Waals surface area contributed by atoms with Crippen molar-refractivity contribution in [3.8, 4) is 0 Å². The highest BCUT2D eigenvalue weighted by Crippen LogP contribution is 2.35. The summed E-state index contributed by atoms with van der Waals surface area (Å²) in [6.45, 7) is 9.95. The molecule has 0 saturated heterocycles. The van der Waals surface area contributed by atoms with E-state index < -0.39 is 0 Å². The molecule has 25 heavy (non-hydrogen) atoms. The molecule has 6 heteroatoms. The number of amides is 2. The molecule has 1 aromatic rings. The quantitative estimate of drug-likeness (QED) is 0.834. The number of carbonyl (C=O) groups excluding carboxylic acids is 1. The minimum absolute atomic E-state index is 0.0565. The molecule has 0 aliphatic heterocycles. The fourth-order valence-corrected chi connectivity index (χ4v) is 4.48. The summed E-state index contributed by atoms with van der Waals surface area (Å²) in [5.74, 6) is 0.715. The fraction of sp³-hybridized carbons (Fsp3) is 0.789. The molecule has 1 fully saturated rings. The number of nitrogens with zero attached hydrogens (tertiary/aromatic N) is 2. The highest BCUT2D eigenvalue weighted by molar-refractivity contribution is 7.09. The van der Waals surface area contributed by atoms with Gasteiger partial charge in [0.25, 0.3) is 0 Å². The largest absolute Gasteiger partial charge is 0.336 e. The maximum Gasteiger partial charge on any atom is 0.315 e. The molecule has 2 unspecified atom stereocenters. The molecule has 2 rings (SSSR count). The first-order valence-corrected chi connectivity index (χ1v) is 10.1. The summed E-state index contributed by atoms with van der Waals surface area (Å²) in [7, 11) is 4.25. The standard InChI is InChI=1S/C19H34N4OS/c1-14-8-7-9-19(10-14,23(5)6)13-21-17(24)20-11-15-12-25-16(22-15)18(2,3)4/h12,14H,7-11,13H2,1-6H3,(H2,20,21,24). The van der Waals surface area contributed by atoms with Gasteiger partial charge in [0.05, 0.1) is 17.2 Å². The number of thiazole rings is 1. The Bertz CT molecular complexity index is 578. The van der Waals surface area contributed by atoms with Gasteiger partial charge in [-0.2, -0.15) is 0 Å². The van der Waals surface area contributed by atoms with Gasteiger partial charge in [-0.3, -0.25) is 0 Å². The Kier molecular flexibility index (Phi) is 6.49. The summed E-state index contributed by atoms with van der Waals surface area (Å²) in [5, 5.41) is 9.17. The topological polar surface area (TPSA) is 57.3 Å². The van der Waals surface area contributed by atoms with Gasteiger partial charge >= 0.3 is 6.03 Å². The zero-order valence-electron chi connectivity index (χ0n) is 16.6. The number of urea groups is 1.